The van der Waals surface area contributed by atoms with Crippen LogP contribution >= 0.6 is 23.2 Å². The number of rotatable bonds is 5. The molecule has 0 saturated heterocycles. The van der Waals surface area contributed by atoms with Crippen LogP contribution in [0.2, 0.25) is 10.2 Å². The van der Waals surface area contributed by atoms with Gasteiger partial charge in [-0.1, -0.05) is 41.4 Å². The number of nitrogens with zero attached hydrogens (tertiary/aromatic N) is 1. The van der Waals surface area contributed by atoms with Crippen LogP contribution in [0, 0.1) is 0 Å². The molecular formula is C22H14Cl2F6N2O. The van der Waals surface area contributed by atoms with Crippen molar-refractivity contribution in [1.29, 1.82) is 0 Å². The zero-order chi connectivity index (χ0) is 24.4. The molecule has 1 amide bonds. The van der Waals surface area contributed by atoms with Crippen molar-refractivity contribution in [2.45, 2.75) is 25.3 Å². The highest BCUT2D eigenvalue weighted by molar-refractivity contribution is 6.31. The summed E-state index contributed by atoms with van der Waals surface area (Å²) < 4.78 is 78.3. The second-order valence-corrected chi connectivity index (χ2v) is 7.82. The first-order chi connectivity index (χ1) is 15.3. The molecule has 3 rings (SSSR count). The van der Waals surface area contributed by atoms with Crippen LogP contribution in [-0.2, 0) is 25.3 Å². The minimum Gasteiger partial charge on any atom is -0.348 e. The van der Waals surface area contributed by atoms with Crippen LogP contribution in [0.4, 0.5) is 26.3 Å². The molecule has 1 N–H and O–H groups in total. The fourth-order valence-corrected chi connectivity index (χ4v) is 3.45. The Bertz CT molecular complexity index is 1150. The number of carbonyl (C=O) groups is 1. The number of aromatic nitrogens is 1. The summed E-state index contributed by atoms with van der Waals surface area (Å²) in [7, 11) is 0. The summed E-state index contributed by atoms with van der Waals surface area (Å²) in [5, 5.41) is 2.89. The third-order valence-corrected chi connectivity index (χ3v) is 5.22. The van der Waals surface area contributed by atoms with Crippen LogP contribution in [0.3, 0.4) is 0 Å². The number of hydrogen-bond acceptors (Lipinski definition) is 2. The van der Waals surface area contributed by atoms with Gasteiger partial charge in [0, 0.05) is 17.8 Å². The summed E-state index contributed by atoms with van der Waals surface area (Å²) in [6, 6.07) is 9.44. The van der Waals surface area contributed by atoms with E-state index in [1.54, 1.807) is 24.3 Å². The summed E-state index contributed by atoms with van der Waals surface area (Å²) in [6.45, 7) is -0.569. The Morgan fingerprint density at radius 1 is 0.879 bits per heavy atom. The van der Waals surface area contributed by atoms with Gasteiger partial charge in [0.15, 0.2) is 0 Å². The predicted octanol–water partition coefficient (Wildman–Crippen LogP) is 6.95. The van der Waals surface area contributed by atoms with Crippen LogP contribution < -0.4 is 5.32 Å². The van der Waals surface area contributed by atoms with Gasteiger partial charge < -0.3 is 5.32 Å². The maximum Gasteiger partial charge on any atom is 0.416 e. The molecule has 0 unspecified atom stereocenters. The molecule has 174 valence electrons. The van der Waals surface area contributed by atoms with Gasteiger partial charge in [0.2, 0.25) is 0 Å². The number of pyridine rings is 1. The third kappa shape index (κ3) is 6.39. The highest BCUT2D eigenvalue weighted by Crippen LogP contribution is 2.36. The molecule has 3 nitrogen and oxygen atoms in total. The SMILES string of the molecule is O=C(NCc1cc(C(F)(F)F)cc(C(F)(F)F)c1)c1cnc(Cl)cc1Cc1ccccc1Cl. The number of amides is 1. The topological polar surface area (TPSA) is 42.0 Å². The molecule has 0 atom stereocenters. The Kier molecular flexibility index (Phi) is 7.23. The highest BCUT2D eigenvalue weighted by Gasteiger charge is 2.36. The van der Waals surface area contributed by atoms with E-state index in [2.05, 4.69) is 10.3 Å². The molecule has 0 bridgehead atoms. The Balaban J connectivity index is 1.86. The van der Waals surface area contributed by atoms with Gasteiger partial charge in [-0.2, -0.15) is 26.3 Å². The monoisotopic (exact) mass is 506 g/mol. The normalized spacial score (nSPS) is 12.0. The van der Waals surface area contributed by atoms with Gasteiger partial charge in [-0.25, -0.2) is 4.98 Å². The van der Waals surface area contributed by atoms with Gasteiger partial charge >= 0.3 is 12.4 Å². The smallest absolute Gasteiger partial charge is 0.348 e. The van der Waals surface area contributed by atoms with Crippen molar-refractivity contribution >= 4 is 29.1 Å². The Morgan fingerprint density at radius 2 is 1.48 bits per heavy atom. The van der Waals surface area contributed by atoms with E-state index in [0.29, 0.717) is 28.3 Å². The molecule has 33 heavy (non-hydrogen) atoms. The number of alkyl halides is 6. The fourth-order valence-electron chi connectivity index (χ4n) is 3.06. The molecule has 3 aromatic rings. The number of hydrogen-bond donors (Lipinski definition) is 1. The van der Waals surface area contributed by atoms with E-state index < -0.39 is 35.9 Å². The second kappa shape index (κ2) is 9.61. The van der Waals surface area contributed by atoms with Gasteiger partial charge in [0.25, 0.3) is 5.91 Å². The van der Waals surface area contributed by atoms with E-state index in [9.17, 15) is 31.1 Å². The van der Waals surface area contributed by atoms with E-state index in [0.717, 1.165) is 0 Å². The van der Waals surface area contributed by atoms with Crippen LogP contribution in [0.15, 0.2) is 54.7 Å². The van der Waals surface area contributed by atoms with Gasteiger partial charge in [0.1, 0.15) is 5.15 Å². The summed E-state index contributed by atoms with van der Waals surface area (Å²) in [5.41, 5.74) is -2.12. The quantitative estimate of drug-likeness (QED) is 0.300. The molecule has 0 aliphatic carbocycles. The maximum atomic E-state index is 13.0. The summed E-state index contributed by atoms with van der Waals surface area (Å²) >= 11 is 12.1. The maximum absolute atomic E-state index is 13.0. The molecule has 1 aromatic heterocycles. The first-order valence-corrected chi connectivity index (χ1v) is 10.0. The van der Waals surface area contributed by atoms with E-state index in [1.165, 1.54) is 12.3 Å². The summed E-state index contributed by atoms with van der Waals surface area (Å²) in [4.78, 5) is 16.6. The van der Waals surface area contributed by atoms with Crippen LogP contribution in [0.1, 0.15) is 38.2 Å². The minimum absolute atomic E-state index is 0.0240. The zero-order valence-corrected chi connectivity index (χ0v) is 18.0. The lowest BCUT2D eigenvalue weighted by molar-refractivity contribution is -0.143. The fraction of sp³-hybridized carbons (Fsp3) is 0.182. The number of nitrogens with one attached hydrogen (secondary N) is 1. The van der Waals surface area contributed by atoms with E-state index in [4.69, 9.17) is 23.2 Å². The molecule has 0 aliphatic rings. The van der Waals surface area contributed by atoms with Gasteiger partial charge in [-0.3, -0.25) is 4.79 Å². The van der Waals surface area contributed by atoms with Gasteiger partial charge in [0.05, 0.1) is 16.7 Å². The molecule has 0 radical (unpaired) electrons. The molecule has 1 heterocycles. The predicted molar refractivity (Wildman–Crippen MR) is 111 cm³/mol. The average Bonchev–Trinajstić information content (AvgIpc) is 2.72. The Hall–Kier alpha value is -2.78. The van der Waals surface area contributed by atoms with E-state index in [1.807, 2.05) is 0 Å². The molecule has 0 fully saturated rings. The number of carbonyl (C=O) groups excluding carboxylic acids is 1. The molecule has 0 aliphatic heterocycles. The first-order valence-electron chi connectivity index (χ1n) is 9.29. The largest absolute Gasteiger partial charge is 0.416 e. The minimum atomic E-state index is -4.98. The van der Waals surface area contributed by atoms with Crippen LogP contribution in [-0.4, -0.2) is 10.9 Å². The molecule has 0 spiro atoms. The van der Waals surface area contributed by atoms with Crippen molar-refractivity contribution in [3.63, 3.8) is 0 Å². The molecular weight excluding hydrogens is 493 g/mol. The third-order valence-electron chi connectivity index (χ3n) is 4.64. The summed E-state index contributed by atoms with van der Waals surface area (Å²) in [5.74, 6) is -0.743. The second-order valence-electron chi connectivity index (χ2n) is 7.03. The Morgan fingerprint density at radius 3 is 2.06 bits per heavy atom. The average molecular weight is 507 g/mol. The standard InChI is InChI=1S/C22H14Cl2F6N2O/c23-18-4-2-1-3-13(18)7-14-8-19(24)31-11-17(14)20(33)32-10-12-5-15(21(25,26)27)9-16(6-12)22(28,29)30/h1-6,8-9,11H,7,10H2,(H,32,33). The molecule has 2 aromatic carbocycles. The lowest BCUT2D eigenvalue weighted by Gasteiger charge is -2.15. The van der Waals surface area contributed by atoms with Gasteiger partial charge in [-0.05, 0) is 53.4 Å². The van der Waals surface area contributed by atoms with Crippen LogP contribution in [0.5, 0.6) is 0 Å². The Labute approximate surface area is 194 Å². The molecule has 0 saturated carbocycles. The van der Waals surface area contributed by atoms with Crippen molar-refractivity contribution in [1.82, 2.24) is 10.3 Å². The first kappa shape index (κ1) is 24.9. The van der Waals surface area contributed by atoms with Crippen molar-refractivity contribution in [3.05, 3.63) is 98.3 Å². The van der Waals surface area contributed by atoms with Crippen molar-refractivity contribution in [3.8, 4) is 0 Å². The lowest BCUT2D eigenvalue weighted by atomic mass is 10.0. The number of benzene rings is 2. The summed E-state index contributed by atoms with van der Waals surface area (Å²) in [6.07, 6.45) is -8.59. The van der Waals surface area contributed by atoms with E-state index in [-0.39, 0.29) is 28.8 Å². The van der Waals surface area contributed by atoms with E-state index >= 15 is 0 Å². The highest BCUT2D eigenvalue weighted by atomic mass is 35.5. The number of halogens is 8. The lowest BCUT2D eigenvalue weighted by Crippen LogP contribution is -2.25. The van der Waals surface area contributed by atoms with Crippen LogP contribution in [0.25, 0.3) is 0 Å². The van der Waals surface area contributed by atoms with Crippen molar-refractivity contribution in [2.24, 2.45) is 0 Å². The zero-order valence-electron chi connectivity index (χ0n) is 16.5. The van der Waals surface area contributed by atoms with Crippen molar-refractivity contribution < 1.29 is 31.1 Å². The van der Waals surface area contributed by atoms with Crippen molar-refractivity contribution in [2.75, 3.05) is 0 Å². The molecule has 11 heteroatoms. The van der Waals surface area contributed by atoms with Gasteiger partial charge in [-0.15, -0.1) is 0 Å².